The van der Waals surface area contributed by atoms with Crippen molar-refractivity contribution in [1.82, 2.24) is 4.90 Å². The van der Waals surface area contributed by atoms with Crippen molar-refractivity contribution in [3.05, 3.63) is 22.4 Å². The first-order valence-electron chi connectivity index (χ1n) is 4.58. The molecule has 0 aromatic carbocycles. The van der Waals surface area contributed by atoms with Gasteiger partial charge in [-0.25, -0.2) is 0 Å². The Morgan fingerprint density at radius 3 is 2.75 bits per heavy atom. The zero-order chi connectivity index (χ0) is 8.39. The number of rotatable bonds is 1. The van der Waals surface area contributed by atoms with E-state index >= 15 is 0 Å². The van der Waals surface area contributed by atoms with Gasteiger partial charge in [0.25, 0.3) is 0 Å². The Kier molecular flexibility index (Phi) is 2.47. The number of thiophene rings is 1. The lowest BCUT2D eigenvalue weighted by Crippen LogP contribution is -2.28. The van der Waals surface area contributed by atoms with Gasteiger partial charge >= 0.3 is 0 Å². The molecule has 12 heavy (non-hydrogen) atoms. The summed E-state index contributed by atoms with van der Waals surface area (Å²) in [5.41, 5.74) is 0. The van der Waals surface area contributed by atoms with E-state index in [-0.39, 0.29) is 0 Å². The van der Waals surface area contributed by atoms with Crippen molar-refractivity contribution in [2.45, 2.75) is 18.8 Å². The first kappa shape index (κ1) is 8.27. The SMILES string of the molecule is CN1CCC(c2cccs2)CC1. The van der Waals surface area contributed by atoms with E-state index in [1.807, 2.05) is 11.3 Å². The molecule has 2 heterocycles. The van der Waals surface area contributed by atoms with Gasteiger partial charge in [-0.05, 0) is 50.3 Å². The number of likely N-dealkylation sites (tertiary alicyclic amines) is 1. The molecule has 1 saturated heterocycles. The van der Waals surface area contributed by atoms with Crippen LogP contribution in [0.1, 0.15) is 23.6 Å². The van der Waals surface area contributed by atoms with Crippen molar-refractivity contribution in [3.8, 4) is 0 Å². The summed E-state index contributed by atoms with van der Waals surface area (Å²) in [6, 6.07) is 4.44. The molecule has 0 aliphatic carbocycles. The van der Waals surface area contributed by atoms with Gasteiger partial charge in [0.15, 0.2) is 0 Å². The fourth-order valence-electron chi connectivity index (χ4n) is 1.82. The fourth-order valence-corrected chi connectivity index (χ4v) is 2.72. The van der Waals surface area contributed by atoms with Crippen LogP contribution >= 0.6 is 11.3 Å². The Labute approximate surface area is 78.0 Å². The third-order valence-electron chi connectivity index (χ3n) is 2.66. The van der Waals surface area contributed by atoms with Gasteiger partial charge in [0.1, 0.15) is 0 Å². The minimum Gasteiger partial charge on any atom is -0.306 e. The average molecular weight is 181 g/mol. The average Bonchev–Trinajstić information content (AvgIpc) is 2.58. The maximum Gasteiger partial charge on any atom is 0.00771 e. The van der Waals surface area contributed by atoms with Crippen LogP contribution in [0.25, 0.3) is 0 Å². The molecule has 0 amide bonds. The third kappa shape index (κ3) is 1.70. The number of piperidine rings is 1. The third-order valence-corrected chi connectivity index (χ3v) is 3.70. The summed E-state index contributed by atoms with van der Waals surface area (Å²) in [5, 5.41) is 2.19. The van der Waals surface area contributed by atoms with Crippen molar-refractivity contribution in [3.63, 3.8) is 0 Å². The van der Waals surface area contributed by atoms with Crippen LogP contribution in [-0.2, 0) is 0 Å². The van der Waals surface area contributed by atoms with Gasteiger partial charge in [-0.3, -0.25) is 0 Å². The highest BCUT2D eigenvalue weighted by molar-refractivity contribution is 7.10. The summed E-state index contributed by atoms with van der Waals surface area (Å²) >= 11 is 1.91. The highest BCUT2D eigenvalue weighted by atomic mass is 32.1. The Bertz CT molecular complexity index is 222. The minimum atomic E-state index is 0.848. The lowest BCUT2D eigenvalue weighted by atomic mass is 9.96. The summed E-state index contributed by atoms with van der Waals surface area (Å²) in [4.78, 5) is 4.01. The first-order valence-corrected chi connectivity index (χ1v) is 5.46. The Balaban J connectivity index is 1.99. The number of hydrogen-bond acceptors (Lipinski definition) is 2. The molecule has 0 saturated carbocycles. The van der Waals surface area contributed by atoms with Crippen LogP contribution in [0.15, 0.2) is 17.5 Å². The second kappa shape index (κ2) is 3.58. The molecule has 1 aliphatic rings. The molecule has 2 heteroatoms. The van der Waals surface area contributed by atoms with Crippen LogP contribution in [0.2, 0.25) is 0 Å². The smallest absolute Gasteiger partial charge is 0.00771 e. The number of nitrogens with zero attached hydrogens (tertiary/aromatic N) is 1. The summed E-state index contributed by atoms with van der Waals surface area (Å²) in [5.74, 6) is 0.848. The predicted octanol–water partition coefficient (Wildman–Crippen LogP) is 2.56. The van der Waals surface area contributed by atoms with Crippen LogP contribution in [0.3, 0.4) is 0 Å². The molecular weight excluding hydrogens is 166 g/mol. The van der Waals surface area contributed by atoms with Gasteiger partial charge in [-0.1, -0.05) is 6.07 Å². The normalized spacial score (nSPS) is 21.4. The standard InChI is InChI=1S/C10H15NS/c1-11-6-4-9(5-7-11)10-3-2-8-12-10/h2-3,8-9H,4-7H2,1H3. The van der Waals surface area contributed by atoms with Gasteiger partial charge in [-0.2, -0.15) is 0 Å². The quantitative estimate of drug-likeness (QED) is 0.643. The van der Waals surface area contributed by atoms with Crippen LogP contribution in [0.5, 0.6) is 0 Å². The van der Waals surface area contributed by atoms with Gasteiger partial charge < -0.3 is 4.90 Å². The van der Waals surface area contributed by atoms with E-state index in [0.29, 0.717) is 0 Å². The van der Waals surface area contributed by atoms with Crippen molar-refractivity contribution in [2.24, 2.45) is 0 Å². The largest absolute Gasteiger partial charge is 0.306 e. The Hall–Kier alpha value is -0.340. The van der Waals surface area contributed by atoms with Gasteiger partial charge in [0.2, 0.25) is 0 Å². The van der Waals surface area contributed by atoms with Crippen molar-refractivity contribution in [1.29, 1.82) is 0 Å². The molecule has 2 rings (SSSR count). The van der Waals surface area contributed by atoms with Crippen LogP contribution in [-0.4, -0.2) is 25.0 Å². The molecule has 0 radical (unpaired) electrons. The summed E-state index contributed by atoms with van der Waals surface area (Å²) < 4.78 is 0. The van der Waals surface area contributed by atoms with E-state index in [9.17, 15) is 0 Å². The maximum atomic E-state index is 2.42. The van der Waals surface area contributed by atoms with Crippen LogP contribution in [0, 0.1) is 0 Å². The van der Waals surface area contributed by atoms with E-state index in [0.717, 1.165) is 5.92 Å². The van der Waals surface area contributed by atoms with Crippen molar-refractivity contribution < 1.29 is 0 Å². The molecule has 66 valence electrons. The predicted molar refractivity (Wildman–Crippen MR) is 53.8 cm³/mol. The molecule has 1 nitrogen and oxygen atoms in total. The highest BCUT2D eigenvalue weighted by Crippen LogP contribution is 2.30. The topological polar surface area (TPSA) is 3.24 Å². The molecule has 1 aromatic heterocycles. The van der Waals surface area contributed by atoms with E-state index in [1.54, 1.807) is 4.88 Å². The molecule has 0 bridgehead atoms. The van der Waals surface area contributed by atoms with Crippen molar-refractivity contribution >= 4 is 11.3 Å². The maximum absolute atomic E-state index is 2.42. The fraction of sp³-hybridized carbons (Fsp3) is 0.600. The second-order valence-corrected chi connectivity index (χ2v) is 4.57. The zero-order valence-electron chi connectivity index (χ0n) is 7.49. The highest BCUT2D eigenvalue weighted by Gasteiger charge is 2.18. The number of hydrogen-bond donors (Lipinski definition) is 0. The molecule has 0 unspecified atom stereocenters. The molecule has 0 atom stereocenters. The van der Waals surface area contributed by atoms with Crippen LogP contribution < -0.4 is 0 Å². The molecule has 1 aliphatic heterocycles. The Morgan fingerprint density at radius 2 is 2.17 bits per heavy atom. The minimum absolute atomic E-state index is 0.848. The van der Waals surface area contributed by atoms with E-state index in [1.165, 1.54) is 25.9 Å². The Morgan fingerprint density at radius 1 is 1.42 bits per heavy atom. The second-order valence-electron chi connectivity index (χ2n) is 3.59. The van der Waals surface area contributed by atoms with Crippen LogP contribution in [0.4, 0.5) is 0 Å². The zero-order valence-corrected chi connectivity index (χ0v) is 8.31. The monoisotopic (exact) mass is 181 g/mol. The lowest BCUT2D eigenvalue weighted by molar-refractivity contribution is 0.257. The molecule has 0 N–H and O–H groups in total. The van der Waals surface area contributed by atoms with E-state index < -0.39 is 0 Å². The van der Waals surface area contributed by atoms with E-state index in [2.05, 4.69) is 29.5 Å². The first-order chi connectivity index (χ1) is 5.86. The summed E-state index contributed by atoms with van der Waals surface area (Å²) in [6.45, 7) is 2.53. The molecular formula is C10H15NS. The van der Waals surface area contributed by atoms with E-state index in [4.69, 9.17) is 0 Å². The summed E-state index contributed by atoms with van der Waals surface area (Å²) in [7, 11) is 2.21. The summed E-state index contributed by atoms with van der Waals surface area (Å²) in [6.07, 6.45) is 2.69. The molecule has 1 aromatic rings. The lowest BCUT2D eigenvalue weighted by Gasteiger charge is -2.28. The molecule has 0 spiro atoms. The molecule has 1 fully saturated rings. The van der Waals surface area contributed by atoms with Gasteiger partial charge in [0, 0.05) is 4.88 Å². The van der Waals surface area contributed by atoms with Gasteiger partial charge in [-0.15, -0.1) is 11.3 Å². The van der Waals surface area contributed by atoms with Gasteiger partial charge in [0.05, 0.1) is 0 Å². The van der Waals surface area contributed by atoms with Crippen molar-refractivity contribution in [2.75, 3.05) is 20.1 Å².